The van der Waals surface area contributed by atoms with Crippen molar-refractivity contribution in [2.75, 3.05) is 19.0 Å². The number of rotatable bonds is 4. The van der Waals surface area contributed by atoms with Crippen LogP contribution in [0.15, 0.2) is 5.38 Å². The summed E-state index contributed by atoms with van der Waals surface area (Å²) in [7, 11) is 1.84. The predicted octanol–water partition coefficient (Wildman–Crippen LogP) is 2.84. The lowest BCUT2D eigenvalue weighted by Gasteiger charge is -2.05. The molecule has 1 N–H and O–H groups in total. The van der Waals surface area contributed by atoms with E-state index in [0.29, 0.717) is 12.5 Å². The highest BCUT2D eigenvalue weighted by Crippen LogP contribution is 2.45. The van der Waals surface area contributed by atoms with E-state index in [1.54, 1.807) is 11.3 Å². The average molecular weight is 225 g/mol. The molecule has 1 aliphatic carbocycles. The Labute approximate surface area is 93.4 Å². The first kappa shape index (κ1) is 10.5. The SMILES string of the molecule is CCOC(=O)c1c(C2CC2)csc1NC. The molecule has 1 aliphatic rings. The zero-order chi connectivity index (χ0) is 10.8. The number of anilines is 1. The summed E-state index contributed by atoms with van der Waals surface area (Å²) in [5.74, 6) is 0.396. The van der Waals surface area contributed by atoms with Crippen molar-refractivity contribution < 1.29 is 9.53 Å². The highest BCUT2D eigenvalue weighted by atomic mass is 32.1. The Morgan fingerprint density at radius 2 is 2.40 bits per heavy atom. The minimum absolute atomic E-state index is 0.190. The first-order valence-electron chi connectivity index (χ1n) is 5.24. The van der Waals surface area contributed by atoms with E-state index in [4.69, 9.17) is 4.74 Å². The van der Waals surface area contributed by atoms with Gasteiger partial charge in [0.05, 0.1) is 12.2 Å². The maximum absolute atomic E-state index is 11.8. The van der Waals surface area contributed by atoms with Crippen molar-refractivity contribution in [3.05, 3.63) is 16.5 Å². The van der Waals surface area contributed by atoms with Crippen molar-refractivity contribution in [2.24, 2.45) is 0 Å². The smallest absolute Gasteiger partial charge is 0.341 e. The summed E-state index contributed by atoms with van der Waals surface area (Å²) >= 11 is 1.59. The van der Waals surface area contributed by atoms with Crippen LogP contribution in [-0.4, -0.2) is 19.6 Å². The number of nitrogens with one attached hydrogen (secondary N) is 1. The zero-order valence-electron chi connectivity index (χ0n) is 9.00. The van der Waals surface area contributed by atoms with Crippen LogP contribution >= 0.6 is 11.3 Å². The van der Waals surface area contributed by atoms with Gasteiger partial charge in [-0.15, -0.1) is 11.3 Å². The van der Waals surface area contributed by atoms with Crippen molar-refractivity contribution in [2.45, 2.75) is 25.7 Å². The van der Waals surface area contributed by atoms with Gasteiger partial charge in [-0.3, -0.25) is 0 Å². The van der Waals surface area contributed by atoms with Gasteiger partial charge >= 0.3 is 5.97 Å². The number of carbonyl (C=O) groups excluding carboxylic acids is 1. The van der Waals surface area contributed by atoms with Gasteiger partial charge in [0.15, 0.2) is 0 Å². The molecular formula is C11H15NO2S. The van der Waals surface area contributed by atoms with Gasteiger partial charge in [0.2, 0.25) is 0 Å². The molecule has 0 atom stereocenters. The van der Waals surface area contributed by atoms with Gasteiger partial charge in [0.25, 0.3) is 0 Å². The van der Waals surface area contributed by atoms with Gasteiger partial charge < -0.3 is 10.1 Å². The summed E-state index contributed by atoms with van der Waals surface area (Å²) in [4.78, 5) is 11.8. The Morgan fingerprint density at radius 3 is 2.93 bits per heavy atom. The number of hydrogen-bond donors (Lipinski definition) is 1. The lowest BCUT2D eigenvalue weighted by molar-refractivity contribution is 0.0527. The molecule has 0 amide bonds. The molecule has 4 heteroatoms. The molecule has 0 radical (unpaired) electrons. The summed E-state index contributed by atoms with van der Waals surface area (Å²) in [5, 5.41) is 6.06. The molecule has 2 rings (SSSR count). The van der Waals surface area contributed by atoms with E-state index >= 15 is 0 Å². The molecule has 1 heterocycles. The van der Waals surface area contributed by atoms with E-state index in [9.17, 15) is 4.79 Å². The van der Waals surface area contributed by atoms with Gasteiger partial charge in [-0.2, -0.15) is 0 Å². The van der Waals surface area contributed by atoms with E-state index < -0.39 is 0 Å². The Hall–Kier alpha value is -1.03. The molecular weight excluding hydrogens is 210 g/mol. The standard InChI is InChI=1S/C11H15NO2S/c1-3-14-11(13)9-8(7-4-5-7)6-15-10(9)12-2/h6-7,12H,3-5H2,1-2H3. The second-order valence-electron chi connectivity index (χ2n) is 3.64. The van der Waals surface area contributed by atoms with Crippen LogP contribution in [0.3, 0.4) is 0 Å². The van der Waals surface area contributed by atoms with Gasteiger partial charge in [0, 0.05) is 7.05 Å². The minimum Gasteiger partial charge on any atom is -0.462 e. The summed E-state index contributed by atoms with van der Waals surface area (Å²) in [6.07, 6.45) is 2.40. The topological polar surface area (TPSA) is 38.3 Å². The van der Waals surface area contributed by atoms with Crippen molar-refractivity contribution in [3.63, 3.8) is 0 Å². The van der Waals surface area contributed by atoms with Crippen LogP contribution in [0.4, 0.5) is 5.00 Å². The molecule has 1 saturated carbocycles. The van der Waals surface area contributed by atoms with Crippen molar-refractivity contribution >= 4 is 22.3 Å². The van der Waals surface area contributed by atoms with Crippen molar-refractivity contribution in [1.82, 2.24) is 0 Å². The Kier molecular flexibility index (Phi) is 2.95. The molecule has 0 aliphatic heterocycles. The molecule has 3 nitrogen and oxygen atoms in total. The Balaban J connectivity index is 2.31. The highest BCUT2D eigenvalue weighted by Gasteiger charge is 2.31. The second kappa shape index (κ2) is 4.23. The molecule has 82 valence electrons. The van der Waals surface area contributed by atoms with Gasteiger partial charge in [-0.05, 0) is 36.6 Å². The van der Waals surface area contributed by atoms with Crippen LogP contribution in [0.25, 0.3) is 0 Å². The van der Waals surface area contributed by atoms with Crippen LogP contribution < -0.4 is 5.32 Å². The summed E-state index contributed by atoms with van der Waals surface area (Å²) in [5.41, 5.74) is 1.93. The molecule has 0 unspecified atom stereocenters. The number of carbonyl (C=O) groups is 1. The molecule has 1 aromatic heterocycles. The number of ether oxygens (including phenoxy) is 1. The fraction of sp³-hybridized carbons (Fsp3) is 0.545. The lowest BCUT2D eigenvalue weighted by Crippen LogP contribution is -2.08. The summed E-state index contributed by atoms with van der Waals surface area (Å²) in [6.45, 7) is 2.27. The Bertz CT molecular complexity index is 369. The first-order chi connectivity index (χ1) is 7.27. The van der Waals surface area contributed by atoms with Gasteiger partial charge in [-0.1, -0.05) is 0 Å². The maximum atomic E-state index is 11.8. The molecule has 1 aromatic rings. The van der Waals surface area contributed by atoms with Gasteiger partial charge in [0.1, 0.15) is 5.00 Å². The molecule has 0 saturated heterocycles. The van der Waals surface area contributed by atoms with Crippen LogP contribution in [0.1, 0.15) is 41.6 Å². The zero-order valence-corrected chi connectivity index (χ0v) is 9.82. The third-order valence-electron chi connectivity index (χ3n) is 2.54. The molecule has 0 spiro atoms. The molecule has 0 aromatic carbocycles. The summed E-state index contributed by atoms with van der Waals surface area (Å²) < 4.78 is 5.08. The molecule has 0 bridgehead atoms. The van der Waals surface area contributed by atoms with Crippen LogP contribution in [0, 0.1) is 0 Å². The largest absolute Gasteiger partial charge is 0.462 e. The third-order valence-corrected chi connectivity index (χ3v) is 3.56. The van der Waals surface area contributed by atoms with E-state index in [1.165, 1.54) is 18.4 Å². The highest BCUT2D eigenvalue weighted by molar-refractivity contribution is 7.14. The van der Waals surface area contributed by atoms with Crippen LogP contribution in [0.5, 0.6) is 0 Å². The van der Waals surface area contributed by atoms with Gasteiger partial charge in [-0.25, -0.2) is 4.79 Å². The predicted molar refractivity (Wildman–Crippen MR) is 61.8 cm³/mol. The van der Waals surface area contributed by atoms with E-state index in [1.807, 2.05) is 14.0 Å². The number of thiophene rings is 1. The van der Waals surface area contributed by atoms with Crippen LogP contribution in [0.2, 0.25) is 0 Å². The van der Waals surface area contributed by atoms with E-state index in [2.05, 4.69) is 10.7 Å². The monoisotopic (exact) mass is 225 g/mol. The maximum Gasteiger partial charge on any atom is 0.341 e. The number of esters is 1. The van der Waals surface area contributed by atoms with Crippen LogP contribution in [-0.2, 0) is 4.74 Å². The van der Waals surface area contributed by atoms with E-state index in [-0.39, 0.29) is 5.97 Å². The molecule has 1 fully saturated rings. The lowest BCUT2D eigenvalue weighted by atomic mass is 10.1. The quantitative estimate of drug-likeness (QED) is 0.801. The number of hydrogen-bond acceptors (Lipinski definition) is 4. The first-order valence-corrected chi connectivity index (χ1v) is 6.12. The Morgan fingerprint density at radius 1 is 1.67 bits per heavy atom. The normalized spacial score (nSPS) is 15.1. The minimum atomic E-state index is -0.190. The fourth-order valence-electron chi connectivity index (χ4n) is 1.66. The third kappa shape index (κ3) is 2.00. The van der Waals surface area contributed by atoms with Crippen molar-refractivity contribution in [3.8, 4) is 0 Å². The second-order valence-corrected chi connectivity index (χ2v) is 4.52. The van der Waals surface area contributed by atoms with E-state index in [0.717, 1.165) is 10.6 Å². The fourth-order valence-corrected chi connectivity index (χ4v) is 2.66. The molecule has 15 heavy (non-hydrogen) atoms. The average Bonchev–Trinajstić information content (AvgIpc) is 2.98. The van der Waals surface area contributed by atoms with Crippen molar-refractivity contribution in [1.29, 1.82) is 0 Å². The summed E-state index contributed by atoms with van der Waals surface area (Å²) in [6, 6.07) is 0.